The molecule has 0 bridgehead atoms. The van der Waals surface area contributed by atoms with Crippen molar-refractivity contribution in [2.75, 3.05) is 7.11 Å². The van der Waals surface area contributed by atoms with E-state index >= 15 is 0 Å². The minimum atomic E-state index is -0.361. The fraction of sp³-hybridized carbons (Fsp3) is 0.111. The molecule has 6 heteroatoms. The normalized spacial score (nSPS) is 10.6. The summed E-state index contributed by atoms with van der Waals surface area (Å²) >= 11 is 12.4. The van der Waals surface area contributed by atoms with E-state index in [0.717, 1.165) is 11.1 Å². The molecule has 0 saturated carbocycles. The highest BCUT2D eigenvalue weighted by Gasteiger charge is 2.13. The smallest absolute Gasteiger partial charge is 0.337 e. The molecule has 1 aromatic heterocycles. The Morgan fingerprint density at radius 1 is 1.21 bits per heavy atom. The summed E-state index contributed by atoms with van der Waals surface area (Å²) in [5, 5.41) is 0.950. The molecule has 3 aromatic rings. The maximum atomic E-state index is 11.7. The lowest BCUT2D eigenvalue weighted by Crippen LogP contribution is -2.05. The first kappa shape index (κ1) is 16.6. The number of halogens is 2. The molecule has 0 radical (unpaired) electrons. The molecule has 1 heterocycles. The highest BCUT2D eigenvalue weighted by atomic mass is 35.5. The van der Waals surface area contributed by atoms with Crippen LogP contribution in [0.5, 0.6) is 0 Å². The average molecular weight is 361 g/mol. The topological polar surface area (TPSA) is 44.1 Å². The molecule has 0 aliphatic heterocycles. The number of methoxy groups -OCH3 is 1. The Kier molecular flexibility index (Phi) is 4.88. The van der Waals surface area contributed by atoms with Crippen LogP contribution in [0, 0.1) is 0 Å². The van der Waals surface area contributed by atoms with E-state index < -0.39 is 0 Å². The second-order valence-corrected chi connectivity index (χ2v) is 5.96. The van der Waals surface area contributed by atoms with Crippen molar-refractivity contribution in [3.63, 3.8) is 0 Å². The van der Waals surface area contributed by atoms with Gasteiger partial charge in [-0.2, -0.15) is 0 Å². The monoisotopic (exact) mass is 360 g/mol. The summed E-state index contributed by atoms with van der Waals surface area (Å²) in [6, 6.07) is 12.7. The van der Waals surface area contributed by atoms with Gasteiger partial charge in [-0.15, -0.1) is 0 Å². The van der Waals surface area contributed by atoms with E-state index in [9.17, 15) is 4.79 Å². The van der Waals surface area contributed by atoms with Gasteiger partial charge in [0, 0.05) is 24.5 Å². The average Bonchev–Trinajstić information content (AvgIpc) is 3.04. The van der Waals surface area contributed by atoms with Crippen molar-refractivity contribution in [2.24, 2.45) is 0 Å². The molecular weight excluding hydrogens is 347 g/mol. The first-order valence-corrected chi connectivity index (χ1v) is 7.98. The molecule has 2 aromatic carbocycles. The van der Waals surface area contributed by atoms with Crippen LogP contribution < -0.4 is 0 Å². The molecular formula is C18H14Cl2N2O2. The third-order valence-corrected chi connectivity index (χ3v) is 4.43. The largest absolute Gasteiger partial charge is 0.465 e. The minimum absolute atomic E-state index is 0.361. The third-order valence-electron chi connectivity index (χ3n) is 3.61. The minimum Gasteiger partial charge on any atom is -0.465 e. The van der Waals surface area contributed by atoms with Gasteiger partial charge in [0.25, 0.3) is 0 Å². The zero-order valence-corrected chi connectivity index (χ0v) is 14.4. The lowest BCUT2D eigenvalue weighted by Gasteiger charge is -2.11. The van der Waals surface area contributed by atoms with E-state index in [0.29, 0.717) is 28.0 Å². The Bertz CT molecular complexity index is 890. The molecule has 122 valence electrons. The SMILES string of the molecule is COC(=O)c1cccc(Cn2ccnc2-c2cccc(Cl)c2Cl)c1. The molecule has 3 rings (SSSR count). The number of carbonyl (C=O) groups is 1. The summed E-state index contributed by atoms with van der Waals surface area (Å²) < 4.78 is 6.71. The molecule has 0 spiro atoms. The van der Waals surface area contributed by atoms with Gasteiger partial charge in [0.2, 0.25) is 0 Å². The number of ether oxygens (including phenoxy) is 1. The lowest BCUT2D eigenvalue weighted by molar-refractivity contribution is 0.0600. The lowest BCUT2D eigenvalue weighted by atomic mass is 10.1. The van der Waals surface area contributed by atoms with Crippen molar-refractivity contribution in [1.29, 1.82) is 0 Å². The molecule has 4 nitrogen and oxygen atoms in total. The van der Waals surface area contributed by atoms with Crippen LogP contribution in [0.4, 0.5) is 0 Å². The maximum Gasteiger partial charge on any atom is 0.337 e. The first-order chi connectivity index (χ1) is 11.6. The number of hydrogen-bond donors (Lipinski definition) is 0. The molecule has 0 N–H and O–H groups in total. The van der Waals surface area contributed by atoms with Crippen molar-refractivity contribution >= 4 is 29.2 Å². The quantitative estimate of drug-likeness (QED) is 0.633. The first-order valence-electron chi connectivity index (χ1n) is 7.23. The Hall–Kier alpha value is -2.30. The summed E-state index contributed by atoms with van der Waals surface area (Å²) in [5.74, 6) is 0.353. The van der Waals surface area contributed by atoms with Crippen LogP contribution in [-0.4, -0.2) is 22.6 Å². The summed E-state index contributed by atoms with van der Waals surface area (Å²) in [7, 11) is 1.37. The molecule has 0 amide bonds. The standard InChI is InChI=1S/C18H14Cl2N2O2/c1-24-18(23)13-5-2-4-12(10-13)11-22-9-8-21-17(22)14-6-3-7-15(19)16(14)20/h2-10H,11H2,1H3. The fourth-order valence-electron chi connectivity index (χ4n) is 2.47. The van der Waals surface area contributed by atoms with Gasteiger partial charge in [-0.25, -0.2) is 9.78 Å². The zero-order chi connectivity index (χ0) is 17.1. The van der Waals surface area contributed by atoms with Crippen LogP contribution in [0.15, 0.2) is 54.9 Å². The Morgan fingerprint density at radius 3 is 2.79 bits per heavy atom. The highest BCUT2D eigenvalue weighted by Crippen LogP contribution is 2.32. The molecule has 0 unspecified atom stereocenters. The number of benzene rings is 2. The highest BCUT2D eigenvalue weighted by molar-refractivity contribution is 6.43. The van der Waals surface area contributed by atoms with Crippen LogP contribution in [0.2, 0.25) is 10.0 Å². The van der Waals surface area contributed by atoms with Gasteiger partial charge in [-0.3, -0.25) is 0 Å². The second kappa shape index (κ2) is 7.07. The van der Waals surface area contributed by atoms with E-state index in [1.165, 1.54) is 7.11 Å². The predicted octanol–water partition coefficient (Wildman–Crippen LogP) is 4.69. The van der Waals surface area contributed by atoms with Gasteiger partial charge >= 0.3 is 5.97 Å². The Balaban J connectivity index is 1.95. The number of esters is 1. The molecule has 0 aliphatic carbocycles. The fourth-order valence-corrected chi connectivity index (χ4v) is 2.85. The number of carbonyl (C=O) groups excluding carboxylic acids is 1. The number of imidazole rings is 1. The van der Waals surface area contributed by atoms with Crippen LogP contribution >= 0.6 is 23.2 Å². The Labute approximate surface area is 149 Å². The van der Waals surface area contributed by atoms with Crippen LogP contribution in [0.1, 0.15) is 15.9 Å². The van der Waals surface area contributed by atoms with Crippen LogP contribution in [0.3, 0.4) is 0 Å². The van der Waals surface area contributed by atoms with E-state index in [4.69, 9.17) is 27.9 Å². The predicted molar refractivity (Wildman–Crippen MR) is 94.6 cm³/mol. The van der Waals surface area contributed by atoms with Gasteiger partial charge in [0.05, 0.1) is 22.7 Å². The molecule has 0 atom stereocenters. The van der Waals surface area contributed by atoms with E-state index in [1.807, 2.05) is 35.0 Å². The van der Waals surface area contributed by atoms with Gasteiger partial charge in [-0.1, -0.05) is 41.4 Å². The number of aromatic nitrogens is 2. The summed E-state index contributed by atoms with van der Waals surface area (Å²) in [5.41, 5.74) is 2.23. The van der Waals surface area contributed by atoms with Crippen molar-refractivity contribution in [2.45, 2.75) is 6.54 Å². The van der Waals surface area contributed by atoms with Crippen LogP contribution in [-0.2, 0) is 11.3 Å². The van der Waals surface area contributed by atoms with Crippen molar-refractivity contribution < 1.29 is 9.53 Å². The van der Waals surface area contributed by atoms with Crippen molar-refractivity contribution in [3.8, 4) is 11.4 Å². The summed E-state index contributed by atoms with van der Waals surface area (Å²) in [6.45, 7) is 0.545. The van der Waals surface area contributed by atoms with Gasteiger partial charge in [0.1, 0.15) is 5.82 Å². The number of nitrogens with zero attached hydrogens (tertiary/aromatic N) is 2. The molecule has 0 saturated heterocycles. The van der Waals surface area contributed by atoms with E-state index in [-0.39, 0.29) is 5.97 Å². The third kappa shape index (κ3) is 3.30. The maximum absolute atomic E-state index is 11.7. The van der Waals surface area contributed by atoms with Crippen LogP contribution in [0.25, 0.3) is 11.4 Å². The van der Waals surface area contributed by atoms with E-state index in [2.05, 4.69) is 4.98 Å². The second-order valence-electron chi connectivity index (χ2n) is 5.17. The van der Waals surface area contributed by atoms with Gasteiger partial charge in [-0.05, 0) is 29.8 Å². The number of rotatable bonds is 4. The molecule has 24 heavy (non-hydrogen) atoms. The van der Waals surface area contributed by atoms with Crippen molar-refractivity contribution in [1.82, 2.24) is 9.55 Å². The molecule has 0 fully saturated rings. The zero-order valence-electron chi connectivity index (χ0n) is 12.9. The van der Waals surface area contributed by atoms with Gasteiger partial charge < -0.3 is 9.30 Å². The Morgan fingerprint density at radius 2 is 2.00 bits per heavy atom. The van der Waals surface area contributed by atoms with Crippen molar-refractivity contribution in [3.05, 3.63) is 76.0 Å². The number of hydrogen-bond acceptors (Lipinski definition) is 3. The van der Waals surface area contributed by atoms with E-state index in [1.54, 1.807) is 24.4 Å². The summed E-state index contributed by atoms with van der Waals surface area (Å²) in [6.07, 6.45) is 3.56. The van der Waals surface area contributed by atoms with Gasteiger partial charge in [0.15, 0.2) is 0 Å². The summed E-state index contributed by atoms with van der Waals surface area (Å²) in [4.78, 5) is 16.1. The molecule has 0 aliphatic rings.